The van der Waals surface area contributed by atoms with Crippen molar-refractivity contribution in [3.05, 3.63) is 28.2 Å². The first-order chi connectivity index (χ1) is 8.54. The van der Waals surface area contributed by atoms with Gasteiger partial charge in [0.2, 0.25) is 11.8 Å². The summed E-state index contributed by atoms with van der Waals surface area (Å²) in [7, 11) is 0. The molecule has 0 aromatic heterocycles. The Morgan fingerprint density at radius 3 is 2.78 bits per heavy atom. The molecule has 4 N–H and O–H groups in total. The van der Waals surface area contributed by atoms with E-state index < -0.39 is 11.8 Å². The molecule has 1 aliphatic heterocycles. The Labute approximate surface area is 113 Å². The fourth-order valence-corrected chi connectivity index (χ4v) is 2.65. The standard InChI is InChI=1S/C12H14BrN3O2/c13-9-2-1-3-10(8(9)5-14)16-6-7(12(15)18)4-11(16)17/h1-3,7H,4-6,14H2,(H2,15,18). The number of rotatable bonds is 3. The molecule has 0 saturated carbocycles. The summed E-state index contributed by atoms with van der Waals surface area (Å²) in [5, 5.41) is 0. The smallest absolute Gasteiger partial charge is 0.227 e. The van der Waals surface area contributed by atoms with Crippen molar-refractivity contribution in [1.29, 1.82) is 0 Å². The predicted molar refractivity (Wildman–Crippen MR) is 71.7 cm³/mol. The van der Waals surface area contributed by atoms with Crippen LogP contribution in [0.3, 0.4) is 0 Å². The summed E-state index contributed by atoms with van der Waals surface area (Å²) in [6.45, 7) is 0.652. The molecule has 18 heavy (non-hydrogen) atoms. The number of hydrogen-bond acceptors (Lipinski definition) is 3. The van der Waals surface area contributed by atoms with Crippen LogP contribution in [0.4, 0.5) is 5.69 Å². The molecule has 0 spiro atoms. The van der Waals surface area contributed by atoms with Crippen LogP contribution < -0.4 is 16.4 Å². The average molecular weight is 312 g/mol. The number of carbonyl (C=O) groups is 2. The predicted octanol–water partition coefficient (Wildman–Crippen LogP) is 0.746. The molecule has 5 nitrogen and oxygen atoms in total. The van der Waals surface area contributed by atoms with Crippen molar-refractivity contribution < 1.29 is 9.59 Å². The number of amides is 2. The molecule has 2 rings (SSSR count). The van der Waals surface area contributed by atoms with E-state index in [2.05, 4.69) is 15.9 Å². The van der Waals surface area contributed by atoms with Gasteiger partial charge in [-0.05, 0) is 12.1 Å². The van der Waals surface area contributed by atoms with Crippen LogP contribution in [0.2, 0.25) is 0 Å². The molecule has 1 aliphatic rings. The van der Waals surface area contributed by atoms with Gasteiger partial charge in [0.15, 0.2) is 0 Å². The van der Waals surface area contributed by atoms with Crippen LogP contribution >= 0.6 is 15.9 Å². The van der Waals surface area contributed by atoms with Gasteiger partial charge >= 0.3 is 0 Å². The zero-order valence-electron chi connectivity index (χ0n) is 9.73. The first-order valence-electron chi connectivity index (χ1n) is 5.61. The molecule has 1 aromatic rings. The molecule has 96 valence electrons. The van der Waals surface area contributed by atoms with E-state index in [1.165, 1.54) is 0 Å². The van der Waals surface area contributed by atoms with Crippen molar-refractivity contribution in [2.45, 2.75) is 13.0 Å². The average Bonchev–Trinajstić information content (AvgIpc) is 2.71. The summed E-state index contributed by atoms with van der Waals surface area (Å²) in [6.07, 6.45) is 0.172. The number of nitrogens with zero attached hydrogens (tertiary/aromatic N) is 1. The first-order valence-corrected chi connectivity index (χ1v) is 6.41. The summed E-state index contributed by atoms with van der Waals surface area (Å²) in [6, 6.07) is 5.54. The Balaban J connectivity index is 2.35. The highest BCUT2D eigenvalue weighted by atomic mass is 79.9. The Morgan fingerprint density at radius 1 is 1.50 bits per heavy atom. The zero-order chi connectivity index (χ0) is 13.3. The molecule has 0 radical (unpaired) electrons. The lowest BCUT2D eigenvalue weighted by Gasteiger charge is -2.20. The van der Waals surface area contributed by atoms with E-state index in [1.807, 2.05) is 18.2 Å². The van der Waals surface area contributed by atoms with Crippen molar-refractivity contribution in [3.8, 4) is 0 Å². The monoisotopic (exact) mass is 311 g/mol. The van der Waals surface area contributed by atoms with E-state index >= 15 is 0 Å². The first kappa shape index (κ1) is 13.0. The SMILES string of the molecule is NCc1c(Br)cccc1N1CC(C(N)=O)CC1=O. The molecule has 1 heterocycles. The number of halogens is 1. The van der Waals surface area contributed by atoms with Crippen LogP contribution in [-0.4, -0.2) is 18.4 Å². The van der Waals surface area contributed by atoms with Crippen LogP contribution in [0.15, 0.2) is 22.7 Å². The van der Waals surface area contributed by atoms with E-state index in [4.69, 9.17) is 11.5 Å². The summed E-state index contributed by atoms with van der Waals surface area (Å²) in [5.41, 5.74) is 12.6. The summed E-state index contributed by atoms with van der Waals surface area (Å²) >= 11 is 3.41. The Kier molecular flexibility index (Phi) is 3.68. The van der Waals surface area contributed by atoms with Gasteiger partial charge in [0.1, 0.15) is 0 Å². The maximum atomic E-state index is 11.9. The lowest BCUT2D eigenvalue weighted by Crippen LogP contribution is -2.29. The quantitative estimate of drug-likeness (QED) is 0.863. The van der Waals surface area contributed by atoms with Crippen LogP contribution in [0, 0.1) is 5.92 Å². The molecule has 1 aromatic carbocycles. The normalized spacial score (nSPS) is 19.3. The summed E-state index contributed by atoms with van der Waals surface area (Å²) in [4.78, 5) is 24.7. The molecular weight excluding hydrogens is 298 g/mol. The van der Waals surface area contributed by atoms with E-state index in [0.29, 0.717) is 13.1 Å². The number of anilines is 1. The summed E-state index contributed by atoms with van der Waals surface area (Å²) in [5.74, 6) is -0.941. The highest BCUT2D eigenvalue weighted by molar-refractivity contribution is 9.10. The Morgan fingerprint density at radius 2 is 2.22 bits per heavy atom. The van der Waals surface area contributed by atoms with Gasteiger partial charge in [-0.15, -0.1) is 0 Å². The number of primary amides is 1. The van der Waals surface area contributed by atoms with Crippen LogP contribution in [0.25, 0.3) is 0 Å². The molecule has 6 heteroatoms. The minimum Gasteiger partial charge on any atom is -0.369 e. The third-order valence-electron chi connectivity index (χ3n) is 3.12. The van der Waals surface area contributed by atoms with E-state index in [-0.39, 0.29) is 12.3 Å². The maximum absolute atomic E-state index is 11.9. The lowest BCUT2D eigenvalue weighted by atomic mass is 10.1. The number of nitrogens with two attached hydrogens (primary N) is 2. The number of hydrogen-bond donors (Lipinski definition) is 2. The van der Waals surface area contributed by atoms with E-state index in [1.54, 1.807) is 4.90 Å². The van der Waals surface area contributed by atoms with E-state index in [9.17, 15) is 9.59 Å². The minimum absolute atomic E-state index is 0.0911. The van der Waals surface area contributed by atoms with Crippen molar-refractivity contribution in [1.82, 2.24) is 0 Å². The molecule has 2 amide bonds. The van der Waals surface area contributed by atoms with Gasteiger partial charge in [0.25, 0.3) is 0 Å². The molecule has 1 atom stereocenters. The van der Waals surface area contributed by atoms with Crippen LogP contribution in [-0.2, 0) is 16.1 Å². The van der Waals surface area contributed by atoms with Crippen molar-refractivity contribution >= 4 is 33.4 Å². The molecule has 0 bridgehead atoms. The maximum Gasteiger partial charge on any atom is 0.227 e. The van der Waals surface area contributed by atoms with E-state index in [0.717, 1.165) is 15.7 Å². The number of benzene rings is 1. The zero-order valence-corrected chi connectivity index (χ0v) is 11.3. The van der Waals surface area contributed by atoms with Crippen LogP contribution in [0.5, 0.6) is 0 Å². The Bertz CT molecular complexity index is 504. The molecular formula is C12H14BrN3O2. The molecule has 0 aliphatic carbocycles. The lowest BCUT2D eigenvalue weighted by molar-refractivity contribution is -0.123. The van der Waals surface area contributed by atoms with Gasteiger partial charge in [-0.2, -0.15) is 0 Å². The molecule has 1 fully saturated rings. The fraction of sp³-hybridized carbons (Fsp3) is 0.333. The van der Waals surface area contributed by atoms with Crippen molar-refractivity contribution in [3.63, 3.8) is 0 Å². The number of carbonyl (C=O) groups excluding carboxylic acids is 2. The topological polar surface area (TPSA) is 89.4 Å². The van der Waals surface area contributed by atoms with Crippen molar-refractivity contribution in [2.75, 3.05) is 11.4 Å². The Hall–Kier alpha value is -1.40. The molecule has 1 unspecified atom stereocenters. The fourth-order valence-electron chi connectivity index (χ4n) is 2.13. The van der Waals surface area contributed by atoms with Gasteiger partial charge in [-0.1, -0.05) is 22.0 Å². The van der Waals surface area contributed by atoms with Crippen LogP contribution in [0.1, 0.15) is 12.0 Å². The highest BCUT2D eigenvalue weighted by Gasteiger charge is 2.34. The largest absolute Gasteiger partial charge is 0.369 e. The molecule has 1 saturated heterocycles. The van der Waals surface area contributed by atoms with Gasteiger partial charge in [0.05, 0.1) is 5.92 Å². The second-order valence-electron chi connectivity index (χ2n) is 4.25. The van der Waals surface area contributed by atoms with Crippen molar-refractivity contribution in [2.24, 2.45) is 17.4 Å². The third kappa shape index (κ3) is 2.26. The third-order valence-corrected chi connectivity index (χ3v) is 3.86. The minimum atomic E-state index is -0.435. The highest BCUT2D eigenvalue weighted by Crippen LogP contribution is 2.31. The van der Waals surface area contributed by atoms with Gasteiger partial charge in [-0.25, -0.2) is 0 Å². The van der Waals surface area contributed by atoms with Gasteiger partial charge in [-0.3, -0.25) is 9.59 Å². The summed E-state index contributed by atoms with van der Waals surface area (Å²) < 4.78 is 0.859. The second kappa shape index (κ2) is 5.07. The second-order valence-corrected chi connectivity index (χ2v) is 5.10. The van der Waals surface area contributed by atoms with Gasteiger partial charge < -0.3 is 16.4 Å². The van der Waals surface area contributed by atoms with Gasteiger partial charge in [0, 0.05) is 35.2 Å².